The molecule has 2 unspecified atom stereocenters. The van der Waals surface area contributed by atoms with Crippen molar-refractivity contribution in [2.75, 3.05) is 7.11 Å². The second kappa shape index (κ2) is 7.02. The fourth-order valence-electron chi connectivity index (χ4n) is 2.13. The maximum atomic E-state index is 12.7. The van der Waals surface area contributed by atoms with E-state index in [-0.39, 0.29) is 5.78 Å². The summed E-state index contributed by atoms with van der Waals surface area (Å²) >= 11 is 0. The third-order valence-electron chi connectivity index (χ3n) is 3.18. The molecule has 2 aromatic rings. The third kappa shape index (κ3) is 3.90. The summed E-state index contributed by atoms with van der Waals surface area (Å²) in [6, 6.07) is 15.7. The average molecular weight is 285 g/mol. The molecule has 2 N–H and O–H groups in total. The number of ether oxygens (including phenoxy) is 1. The number of nitrogens with one attached hydrogen (secondary N) is 1. The van der Waals surface area contributed by atoms with Crippen molar-refractivity contribution < 1.29 is 14.6 Å². The molecule has 2 atom stereocenters. The zero-order valence-electron chi connectivity index (χ0n) is 12.1. The largest absolute Gasteiger partial charge is 0.497 e. The zero-order valence-corrected chi connectivity index (χ0v) is 12.1. The molecular formula is C17H19NO3. The van der Waals surface area contributed by atoms with E-state index in [0.29, 0.717) is 11.3 Å². The molecule has 0 heterocycles. The number of rotatable bonds is 6. The van der Waals surface area contributed by atoms with Gasteiger partial charge in [-0.25, -0.2) is 0 Å². The lowest BCUT2D eigenvalue weighted by molar-refractivity contribution is 0.0856. The summed E-state index contributed by atoms with van der Waals surface area (Å²) in [5.41, 5.74) is 1.39. The minimum absolute atomic E-state index is 0.0928. The van der Waals surface area contributed by atoms with Crippen molar-refractivity contribution in [2.45, 2.75) is 19.2 Å². The van der Waals surface area contributed by atoms with Crippen LogP contribution in [0.4, 0.5) is 0 Å². The molecule has 2 rings (SSSR count). The first kappa shape index (κ1) is 15.2. The molecular weight excluding hydrogens is 266 g/mol. The summed E-state index contributed by atoms with van der Waals surface area (Å²) < 4.78 is 5.09. The van der Waals surface area contributed by atoms with Crippen molar-refractivity contribution in [3.8, 4) is 5.75 Å². The van der Waals surface area contributed by atoms with Crippen LogP contribution in [0.1, 0.15) is 28.9 Å². The Morgan fingerprint density at radius 3 is 2.24 bits per heavy atom. The quantitative estimate of drug-likeness (QED) is 0.632. The fraction of sp³-hybridized carbons (Fsp3) is 0.235. The Morgan fingerprint density at radius 1 is 1.10 bits per heavy atom. The van der Waals surface area contributed by atoms with E-state index in [4.69, 9.17) is 4.74 Å². The second-order valence-corrected chi connectivity index (χ2v) is 4.78. The molecule has 0 saturated carbocycles. The summed E-state index contributed by atoms with van der Waals surface area (Å²) in [4.78, 5) is 12.7. The van der Waals surface area contributed by atoms with Crippen LogP contribution < -0.4 is 10.1 Å². The Hall–Kier alpha value is -2.17. The van der Waals surface area contributed by atoms with E-state index in [0.717, 1.165) is 5.56 Å². The van der Waals surface area contributed by atoms with Crippen LogP contribution in [0.3, 0.4) is 0 Å². The summed E-state index contributed by atoms with van der Waals surface area (Å²) in [5, 5.41) is 12.5. The molecule has 0 radical (unpaired) electrons. The van der Waals surface area contributed by atoms with Gasteiger partial charge in [0.1, 0.15) is 12.0 Å². The van der Waals surface area contributed by atoms with Crippen LogP contribution in [0.2, 0.25) is 0 Å². The molecule has 0 aliphatic rings. The molecule has 0 amide bonds. The number of aliphatic hydroxyl groups excluding tert-OH is 1. The average Bonchev–Trinajstić information content (AvgIpc) is 2.53. The molecule has 2 aromatic carbocycles. The maximum absolute atomic E-state index is 12.7. The van der Waals surface area contributed by atoms with Gasteiger partial charge in [-0.2, -0.15) is 0 Å². The first-order valence-electron chi connectivity index (χ1n) is 6.79. The van der Waals surface area contributed by atoms with Crippen molar-refractivity contribution in [1.29, 1.82) is 0 Å². The number of Topliss-reactive ketones (excluding diaryl/α,β-unsaturated/α-hetero) is 1. The fourth-order valence-corrected chi connectivity index (χ4v) is 2.13. The van der Waals surface area contributed by atoms with Crippen LogP contribution in [0.15, 0.2) is 54.6 Å². The normalized spacial score (nSPS) is 13.5. The van der Waals surface area contributed by atoms with E-state index in [9.17, 15) is 9.90 Å². The predicted molar refractivity (Wildman–Crippen MR) is 81.3 cm³/mol. The van der Waals surface area contributed by atoms with Gasteiger partial charge in [0.05, 0.1) is 13.2 Å². The maximum Gasteiger partial charge on any atom is 0.184 e. The lowest BCUT2D eigenvalue weighted by Gasteiger charge is -2.20. The molecule has 4 heteroatoms. The Morgan fingerprint density at radius 2 is 1.71 bits per heavy atom. The van der Waals surface area contributed by atoms with E-state index < -0.39 is 12.3 Å². The van der Waals surface area contributed by atoms with Crippen LogP contribution >= 0.6 is 0 Å². The third-order valence-corrected chi connectivity index (χ3v) is 3.18. The highest BCUT2D eigenvalue weighted by Crippen LogP contribution is 2.21. The monoisotopic (exact) mass is 285 g/mol. The van der Waals surface area contributed by atoms with Crippen LogP contribution in [-0.2, 0) is 0 Å². The van der Waals surface area contributed by atoms with Gasteiger partial charge >= 0.3 is 0 Å². The minimum Gasteiger partial charge on any atom is -0.497 e. The van der Waals surface area contributed by atoms with Gasteiger partial charge in [0.2, 0.25) is 0 Å². The molecule has 0 spiro atoms. The molecule has 0 saturated heterocycles. The van der Waals surface area contributed by atoms with Crippen molar-refractivity contribution in [3.63, 3.8) is 0 Å². The van der Waals surface area contributed by atoms with Gasteiger partial charge in [0.15, 0.2) is 5.78 Å². The van der Waals surface area contributed by atoms with Crippen molar-refractivity contribution >= 4 is 5.78 Å². The predicted octanol–water partition coefficient (Wildman–Crippen LogP) is 2.55. The number of methoxy groups -OCH3 is 1. The summed E-state index contributed by atoms with van der Waals surface area (Å²) in [7, 11) is 1.58. The highest BCUT2D eigenvalue weighted by molar-refractivity contribution is 6.00. The molecule has 4 nitrogen and oxygen atoms in total. The molecule has 0 aromatic heterocycles. The SMILES string of the molecule is COc1ccc(C(=O)C(NC(C)O)c2ccccc2)cc1. The van der Waals surface area contributed by atoms with Crippen molar-refractivity contribution in [3.05, 3.63) is 65.7 Å². The highest BCUT2D eigenvalue weighted by Gasteiger charge is 2.22. The number of benzene rings is 2. The molecule has 0 bridgehead atoms. The van der Waals surface area contributed by atoms with Crippen LogP contribution in [-0.4, -0.2) is 24.2 Å². The number of aliphatic hydroxyl groups is 1. The zero-order chi connectivity index (χ0) is 15.2. The summed E-state index contributed by atoms with van der Waals surface area (Å²) in [6.07, 6.45) is -0.780. The van der Waals surface area contributed by atoms with E-state index in [1.807, 2.05) is 30.3 Å². The van der Waals surface area contributed by atoms with E-state index >= 15 is 0 Å². The van der Waals surface area contributed by atoms with Crippen molar-refractivity contribution in [1.82, 2.24) is 5.32 Å². The van der Waals surface area contributed by atoms with Gasteiger partial charge < -0.3 is 9.84 Å². The number of hydrogen-bond donors (Lipinski definition) is 2. The van der Waals surface area contributed by atoms with Crippen LogP contribution in [0.5, 0.6) is 5.75 Å². The topological polar surface area (TPSA) is 58.6 Å². The van der Waals surface area contributed by atoms with Gasteiger partial charge in [0.25, 0.3) is 0 Å². The number of ketones is 1. The van der Waals surface area contributed by atoms with Gasteiger partial charge in [-0.3, -0.25) is 10.1 Å². The van der Waals surface area contributed by atoms with Crippen molar-refractivity contribution in [2.24, 2.45) is 0 Å². The Labute approximate surface area is 124 Å². The minimum atomic E-state index is -0.780. The number of carbonyl (C=O) groups is 1. The Balaban J connectivity index is 2.29. The molecule has 0 aliphatic carbocycles. The van der Waals surface area contributed by atoms with Gasteiger partial charge in [-0.05, 0) is 36.8 Å². The van der Waals surface area contributed by atoms with E-state index in [1.165, 1.54) is 0 Å². The first-order chi connectivity index (χ1) is 10.1. The van der Waals surface area contributed by atoms with Crippen LogP contribution in [0, 0.1) is 0 Å². The Kier molecular flexibility index (Phi) is 5.09. The number of hydrogen-bond acceptors (Lipinski definition) is 4. The lowest BCUT2D eigenvalue weighted by Crippen LogP contribution is -2.35. The van der Waals surface area contributed by atoms with Crippen LogP contribution in [0.25, 0.3) is 0 Å². The second-order valence-electron chi connectivity index (χ2n) is 4.78. The summed E-state index contributed by atoms with van der Waals surface area (Å²) in [6.45, 7) is 1.59. The van der Waals surface area contributed by atoms with Gasteiger partial charge in [0, 0.05) is 5.56 Å². The Bertz CT molecular complexity index is 579. The lowest BCUT2D eigenvalue weighted by atomic mass is 9.97. The smallest absolute Gasteiger partial charge is 0.184 e. The molecule has 21 heavy (non-hydrogen) atoms. The summed E-state index contributed by atoms with van der Waals surface area (Å²) in [5.74, 6) is 0.607. The molecule has 0 fully saturated rings. The molecule has 0 aliphatic heterocycles. The first-order valence-corrected chi connectivity index (χ1v) is 6.79. The molecule has 110 valence electrons. The van der Waals surface area contributed by atoms with Gasteiger partial charge in [-0.1, -0.05) is 30.3 Å². The highest BCUT2D eigenvalue weighted by atomic mass is 16.5. The van der Waals surface area contributed by atoms with E-state index in [2.05, 4.69) is 5.32 Å². The van der Waals surface area contributed by atoms with Gasteiger partial charge in [-0.15, -0.1) is 0 Å². The van der Waals surface area contributed by atoms with E-state index in [1.54, 1.807) is 38.3 Å². The number of carbonyl (C=O) groups excluding carboxylic acids is 1. The standard InChI is InChI=1S/C17H19NO3/c1-12(19)18-16(13-6-4-3-5-7-13)17(20)14-8-10-15(21-2)11-9-14/h3-12,16,18-19H,1-2H3.